The third-order valence-corrected chi connectivity index (χ3v) is 8.01. The number of hydrogen-bond acceptors (Lipinski definition) is 4. The molecule has 198 valence electrons. The van der Waals surface area contributed by atoms with Gasteiger partial charge in [-0.2, -0.15) is 0 Å². The number of ether oxygens (including phenoxy) is 1. The smallest absolute Gasteiger partial charge is 0.410 e. The van der Waals surface area contributed by atoms with Crippen molar-refractivity contribution in [3.8, 4) is 0 Å². The third kappa shape index (κ3) is 5.91. The zero-order valence-corrected chi connectivity index (χ0v) is 22.1. The molecule has 0 aliphatic carbocycles. The van der Waals surface area contributed by atoms with Gasteiger partial charge in [-0.3, -0.25) is 9.69 Å². The Kier molecular flexibility index (Phi) is 8.39. The van der Waals surface area contributed by atoms with Crippen LogP contribution in [0.15, 0.2) is 91.0 Å². The van der Waals surface area contributed by atoms with E-state index in [1.165, 1.54) is 5.56 Å². The van der Waals surface area contributed by atoms with Crippen molar-refractivity contribution in [3.05, 3.63) is 108 Å². The van der Waals surface area contributed by atoms with Crippen LogP contribution < -0.4 is 0 Å². The first-order valence-corrected chi connectivity index (χ1v) is 13.7. The van der Waals surface area contributed by atoms with E-state index in [1.54, 1.807) is 0 Å². The van der Waals surface area contributed by atoms with Gasteiger partial charge in [-0.05, 0) is 43.0 Å². The maximum atomic E-state index is 13.3. The van der Waals surface area contributed by atoms with Gasteiger partial charge < -0.3 is 14.5 Å². The monoisotopic (exact) mass is 511 g/mol. The molecule has 0 spiro atoms. The number of carbonyl (C=O) groups excluding carboxylic acids is 2. The molecule has 5 rings (SSSR count). The van der Waals surface area contributed by atoms with Crippen molar-refractivity contribution in [1.29, 1.82) is 0 Å². The highest BCUT2D eigenvalue weighted by Crippen LogP contribution is 2.34. The van der Waals surface area contributed by atoms with Gasteiger partial charge in [-0.25, -0.2) is 4.79 Å². The molecule has 0 bridgehead atoms. The standard InChI is InChI=1S/C32H37N3O3/c1-2-35(32(37)38-24-25-12-6-3-7-13-25)28-18-20-33(21-19-28)30-23-34(31(36)27-16-10-5-11-17-27)22-29(30)26-14-8-4-9-15-26/h3-17,28-30H,2,18-24H2,1H3/t29-,30+/m0/s1. The van der Waals surface area contributed by atoms with Gasteiger partial charge in [0, 0.05) is 56.3 Å². The zero-order chi connectivity index (χ0) is 26.3. The third-order valence-electron chi connectivity index (χ3n) is 8.01. The van der Waals surface area contributed by atoms with Gasteiger partial charge >= 0.3 is 6.09 Å². The average Bonchev–Trinajstić information content (AvgIpc) is 3.43. The number of amides is 2. The van der Waals surface area contributed by atoms with Crippen molar-refractivity contribution in [3.63, 3.8) is 0 Å². The van der Waals surface area contributed by atoms with E-state index in [1.807, 2.05) is 83.5 Å². The number of piperidine rings is 1. The molecule has 2 atom stereocenters. The fourth-order valence-corrected chi connectivity index (χ4v) is 5.98. The highest BCUT2D eigenvalue weighted by atomic mass is 16.6. The highest BCUT2D eigenvalue weighted by molar-refractivity contribution is 5.94. The second-order valence-electron chi connectivity index (χ2n) is 10.3. The van der Waals surface area contributed by atoms with Gasteiger partial charge in [0.1, 0.15) is 6.61 Å². The Morgan fingerprint density at radius 1 is 0.842 bits per heavy atom. The van der Waals surface area contributed by atoms with Gasteiger partial charge in [0.2, 0.25) is 0 Å². The first kappa shape index (κ1) is 26.0. The topological polar surface area (TPSA) is 53.1 Å². The normalized spacial score (nSPS) is 20.3. The van der Waals surface area contributed by atoms with E-state index in [4.69, 9.17) is 4.74 Å². The van der Waals surface area contributed by atoms with E-state index in [0.29, 0.717) is 19.7 Å². The second kappa shape index (κ2) is 12.3. The summed E-state index contributed by atoms with van der Waals surface area (Å²) in [5, 5.41) is 0. The molecule has 2 aliphatic heterocycles. The van der Waals surface area contributed by atoms with Crippen LogP contribution >= 0.6 is 0 Å². The van der Waals surface area contributed by atoms with E-state index in [2.05, 4.69) is 29.2 Å². The minimum Gasteiger partial charge on any atom is -0.445 e. The number of hydrogen-bond donors (Lipinski definition) is 0. The molecular formula is C32H37N3O3. The molecule has 38 heavy (non-hydrogen) atoms. The SMILES string of the molecule is CCN(C(=O)OCc1ccccc1)C1CCN([C@@H]2CN(C(=O)c3ccccc3)C[C@H]2c2ccccc2)CC1. The van der Waals surface area contributed by atoms with Gasteiger partial charge in [0.05, 0.1) is 0 Å². The lowest BCUT2D eigenvalue weighted by molar-refractivity contribution is 0.0531. The van der Waals surface area contributed by atoms with E-state index in [-0.39, 0.29) is 30.0 Å². The molecule has 0 aromatic heterocycles. The Morgan fingerprint density at radius 3 is 2.08 bits per heavy atom. The lowest BCUT2D eigenvalue weighted by atomic mass is 9.91. The van der Waals surface area contributed by atoms with Gasteiger partial charge in [0.15, 0.2) is 0 Å². The summed E-state index contributed by atoms with van der Waals surface area (Å²) in [4.78, 5) is 32.7. The van der Waals surface area contributed by atoms with Crippen molar-refractivity contribution < 1.29 is 14.3 Å². The van der Waals surface area contributed by atoms with Crippen molar-refractivity contribution in [2.45, 2.75) is 44.4 Å². The molecule has 0 radical (unpaired) electrons. The Morgan fingerprint density at radius 2 is 1.45 bits per heavy atom. The number of benzene rings is 3. The molecule has 0 unspecified atom stereocenters. The lowest BCUT2D eigenvalue weighted by Crippen LogP contribution is -2.51. The molecular weight excluding hydrogens is 474 g/mol. The molecule has 2 fully saturated rings. The first-order valence-electron chi connectivity index (χ1n) is 13.7. The van der Waals surface area contributed by atoms with E-state index >= 15 is 0 Å². The number of likely N-dealkylation sites (tertiary alicyclic amines) is 2. The maximum absolute atomic E-state index is 13.3. The molecule has 2 saturated heterocycles. The van der Waals surface area contributed by atoms with Crippen LogP contribution in [0.25, 0.3) is 0 Å². The molecule has 2 amide bonds. The van der Waals surface area contributed by atoms with Crippen LogP contribution in [0.1, 0.15) is 47.2 Å². The molecule has 3 aromatic rings. The molecule has 6 nitrogen and oxygen atoms in total. The minimum atomic E-state index is -0.238. The van der Waals surface area contributed by atoms with Crippen molar-refractivity contribution in [2.75, 3.05) is 32.7 Å². The zero-order valence-electron chi connectivity index (χ0n) is 22.1. The van der Waals surface area contributed by atoms with Crippen molar-refractivity contribution >= 4 is 12.0 Å². The van der Waals surface area contributed by atoms with Gasteiger partial charge in [-0.1, -0.05) is 78.9 Å². The van der Waals surface area contributed by atoms with Crippen LogP contribution in [0.5, 0.6) is 0 Å². The molecule has 0 saturated carbocycles. The molecule has 3 aromatic carbocycles. The summed E-state index contributed by atoms with van der Waals surface area (Å²) in [5.74, 6) is 0.362. The minimum absolute atomic E-state index is 0.0993. The molecule has 0 N–H and O–H groups in total. The molecule has 2 heterocycles. The van der Waals surface area contributed by atoms with Crippen LogP contribution in [-0.2, 0) is 11.3 Å². The number of carbonyl (C=O) groups is 2. The van der Waals surface area contributed by atoms with Crippen molar-refractivity contribution in [1.82, 2.24) is 14.7 Å². The predicted octanol–water partition coefficient (Wildman–Crippen LogP) is 5.42. The fraction of sp³-hybridized carbons (Fsp3) is 0.375. The van der Waals surface area contributed by atoms with Crippen LogP contribution in [0.2, 0.25) is 0 Å². The summed E-state index contributed by atoms with van der Waals surface area (Å²) in [5.41, 5.74) is 3.02. The maximum Gasteiger partial charge on any atom is 0.410 e. The quantitative estimate of drug-likeness (QED) is 0.425. The summed E-state index contributed by atoms with van der Waals surface area (Å²) in [7, 11) is 0. The summed E-state index contributed by atoms with van der Waals surface area (Å²) in [6.07, 6.45) is 1.56. The highest BCUT2D eigenvalue weighted by Gasteiger charge is 2.41. The van der Waals surface area contributed by atoms with E-state index < -0.39 is 0 Å². The van der Waals surface area contributed by atoms with E-state index in [9.17, 15) is 9.59 Å². The second-order valence-corrected chi connectivity index (χ2v) is 10.3. The fourth-order valence-electron chi connectivity index (χ4n) is 5.98. The average molecular weight is 512 g/mol. The van der Waals surface area contributed by atoms with Crippen molar-refractivity contribution in [2.24, 2.45) is 0 Å². The molecule has 6 heteroatoms. The van der Waals surface area contributed by atoms with Gasteiger partial charge in [-0.15, -0.1) is 0 Å². The summed E-state index contributed by atoms with van der Waals surface area (Å²) < 4.78 is 5.65. The predicted molar refractivity (Wildman–Crippen MR) is 149 cm³/mol. The largest absolute Gasteiger partial charge is 0.445 e. The summed E-state index contributed by atoms with van der Waals surface area (Å²) in [6.45, 7) is 6.17. The number of rotatable bonds is 7. The van der Waals surface area contributed by atoms with Crippen LogP contribution in [0.4, 0.5) is 4.79 Å². The Labute approximate surface area is 225 Å². The summed E-state index contributed by atoms with van der Waals surface area (Å²) in [6, 6.07) is 30.4. The van der Waals surface area contributed by atoms with Crippen LogP contribution in [0.3, 0.4) is 0 Å². The van der Waals surface area contributed by atoms with E-state index in [0.717, 1.165) is 43.6 Å². The van der Waals surface area contributed by atoms with Crippen LogP contribution in [-0.4, -0.2) is 71.5 Å². The Balaban J connectivity index is 1.23. The Bertz CT molecular complexity index is 1180. The Hall–Kier alpha value is -3.64. The summed E-state index contributed by atoms with van der Waals surface area (Å²) >= 11 is 0. The van der Waals surface area contributed by atoms with Gasteiger partial charge in [0.25, 0.3) is 5.91 Å². The molecule has 2 aliphatic rings. The van der Waals surface area contributed by atoms with Crippen LogP contribution in [0, 0.1) is 0 Å². The number of nitrogens with zero attached hydrogens (tertiary/aromatic N) is 3. The first-order chi connectivity index (χ1) is 18.6. The lowest BCUT2D eigenvalue weighted by Gasteiger charge is -2.41.